The van der Waals surface area contributed by atoms with E-state index < -0.39 is 0 Å². The molecule has 0 bridgehead atoms. The van der Waals surface area contributed by atoms with Crippen molar-refractivity contribution in [3.8, 4) is 0 Å². The lowest BCUT2D eigenvalue weighted by Crippen LogP contribution is -2.30. The summed E-state index contributed by atoms with van der Waals surface area (Å²) in [4.78, 5) is 10.5. The summed E-state index contributed by atoms with van der Waals surface area (Å²) in [5.41, 5.74) is 1.45. The van der Waals surface area contributed by atoms with E-state index >= 15 is 0 Å². The molecule has 0 aliphatic heterocycles. The average Bonchev–Trinajstić information content (AvgIpc) is 2.32. The van der Waals surface area contributed by atoms with E-state index in [0.29, 0.717) is 11.3 Å². The second-order valence-electron chi connectivity index (χ2n) is 4.15. The highest BCUT2D eigenvalue weighted by Crippen LogP contribution is 2.24. The zero-order chi connectivity index (χ0) is 13.7. The van der Waals surface area contributed by atoms with Crippen LogP contribution in [-0.4, -0.2) is 34.2 Å². The van der Waals surface area contributed by atoms with Crippen LogP contribution in [0, 0.1) is 17.0 Å². The maximum Gasteiger partial charge on any atom is 0.274 e. The standard InChI is InChI=1S/C12H18N2O3S/c1-8-4-5-10(6-11(8)14(16)17)13-9(2)12(7-15)18-3/h4-6,9,12-13,15H,7H2,1-3H3. The number of aliphatic hydroxyl groups is 1. The lowest BCUT2D eigenvalue weighted by molar-refractivity contribution is -0.385. The predicted octanol–water partition coefficient (Wildman–Crippen LogP) is 2.43. The Kier molecular flexibility index (Phi) is 5.43. The van der Waals surface area contributed by atoms with Crippen molar-refractivity contribution in [1.29, 1.82) is 0 Å². The van der Waals surface area contributed by atoms with Crippen molar-refractivity contribution in [3.63, 3.8) is 0 Å². The summed E-state index contributed by atoms with van der Waals surface area (Å²) in [6, 6.07) is 5.10. The first-order chi connectivity index (χ1) is 8.49. The van der Waals surface area contributed by atoms with Gasteiger partial charge in [0.05, 0.1) is 11.5 Å². The van der Waals surface area contributed by atoms with Gasteiger partial charge in [-0.15, -0.1) is 0 Å². The van der Waals surface area contributed by atoms with Gasteiger partial charge in [0.1, 0.15) is 0 Å². The van der Waals surface area contributed by atoms with Crippen LogP contribution in [0.2, 0.25) is 0 Å². The van der Waals surface area contributed by atoms with Crippen LogP contribution in [0.5, 0.6) is 0 Å². The van der Waals surface area contributed by atoms with Crippen molar-refractivity contribution in [2.24, 2.45) is 0 Å². The van der Waals surface area contributed by atoms with Crippen molar-refractivity contribution in [2.75, 3.05) is 18.2 Å². The number of hydrogen-bond acceptors (Lipinski definition) is 5. The van der Waals surface area contributed by atoms with Crippen LogP contribution in [0.4, 0.5) is 11.4 Å². The molecule has 5 nitrogen and oxygen atoms in total. The van der Waals surface area contributed by atoms with Gasteiger partial charge in [0, 0.05) is 28.6 Å². The quantitative estimate of drug-likeness (QED) is 0.613. The summed E-state index contributed by atoms with van der Waals surface area (Å²) in [7, 11) is 0. The van der Waals surface area contributed by atoms with Gasteiger partial charge in [-0.05, 0) is 26.2 Å². The Balaban J connectivity index is 2.85. The molecular formula is C12H18N2O3S. The highest BCUT2D eigenvalue weighted by atomic mass is 32.2. The number of benzene rings is 1. The second kappa shape index (κ2) is 6.61. The Labute approximate surface area is 111 Å². The number of hydrogen-bond donors (Lipinski definition) is 2. The maximum atomic E-state index is 10.8. The van der Waals surface area contributed by atoms with Crippen LogP contribution in [0.25, 0.3) is 0 Å². The third kappa shape index (κ3) is 3.61. The third-order valence-corrected chi connectivity index (χ3v) is 4.00. The van der Waals surface area contributed by atoms with Gasteiger partial charge in [-0.25, -0.2) is 0 Å². The molecule has 0 amide bonds. The molecule has 1 aromatic rings. The molecule has 6 heteroatoms. The summed E-state index contributed by atoms with van der Waals surface area (Å²) in [5.74, 6) is 0. The molecule has 2 unspecified atom stereocenters. The fraction of sp³-hybridized carbons (Fsp3) is 0.500. The first-order valence-corrected chi connectivity index (χ1v) is 6.93. The number of nitrogens with zero attached hydrogens (tertiary/aromatic N) is 1. The minimum absolute atomic E-state index is 0.0345. The van der Waals surface area contributed by atoms with E-state index in [0.717, 1.165) is 0 Å². The largest absolute Gasteiger partial charge is 0.395 e. The Bertz CT molecular complexity index is 422. The van der Waals surface area contributed by atoms with Gasteiger partial charge in [0.25, 0.3) is 5.69 Å². The molecular weight excluding hydrogens is 252 g/mol. The molecule has 18 heavy (non-hydrogen) atoms. The molecule has 0 saturated carbocycles. The highest BCUT2D eigenvalue weighted by Gasteiger charge is 2.17. The Morgan fingerprint density at radius 1 is 1.56 bits per heavy atom. The molecule has 0 aromatic heterocycles. The lowest BCUT2D eigenvalue weighted by atomic mass is 10.1. The van der Waals surface area contributed by atoms with E-state index in [1.54, 1.807) is 24.8 Å². The fourth-order valence-corrected chi connectivity index (χ4v) is 2.31. The minimum atomic E-state index is -0.386. The van der Waals surface area contributed by atoms with Crippen LogP contribution in [0.1, 0.15) is 12.5 Å². The number of aryl methyl sites for hydroxylation is 1. The number of anilines is 1. The van der Waals surface area contributed by atoms with Gasteiger partial charge in [-0.2, -0.15) is 11.8 Å². The monoisotopic (exact) mass is 270 g/mol. The van der Waals surface area contributed by atoms with Gasteiger partial charge < -0.3 is 10.4 Å². The zero-order valence-corrected chi connectivity index (χ0v) is 11.5. The lowest BCUT2D eigenvalue weighted by Gasteiger charge is -2.22. The summed E-state index contributed by atoms with van der Waals surface area (Å²) in [6.07, 6.45) is 1.93. The van der Waals surface area contributed by atoms with Crippen molar-refractivity contribution >= 4 is 23.1 Å². The van der Waals surface area contributed by atoms with E-state index in [2.05, 4.69) is 5.32 Å². The number of nitro benzene ring substituents is 1. The van der Waals surface area contributed by atoms with Crippen LogP contribution in [-0.2, 0) is 0 Å². The molecule has 2 atom stereocenters. The number of aliphatic hydroxyl groups excluding tert-OH is 1. The predicted molar refractivity (Wildman–Crippen MR) is 75.3 cm³/mol. The average molecular weight is 270 g/mol. The molecule has 0 spiro atoms. The van der Waals surface area contributed by atoms with Crippen molar-refractivity contribution in [1.82, 2.24) is 0 Å². The van der Waals surface area contributed by atoms with Crippen LogP contribution < -0.4 is 5.32 Å². The van der Waals surface area contributed by atoms with E-state index in [1.807, 2.05) is 19.2 Å². The van der Waals surface area contributed by atoms with Crippen LogP contribution in [0.15, 0.2) is 18.2 Å². The molecule has 1 rings (SSSR count). The van der Waals surface area contributed by atoms with Gasteiger partial charge in [0.2, 0.25) is 0 Å². The van der Waals surface area contributed by atoms with Gasteiger partial charge in [-0.1, -0.05) is 6.07 Å². The van der Waals surface area contributed by atoms with E-state index in [4.69, 9.17) is 0 Å². The molecule has 0 saturated heterocycles. The summed E-state index contributed by atoms with van der Waals surface area (Å²) in [6.45, 7) is 3.73. The maximum absolute atomic E-state index is 10.8. The normalized spacial score (nSPS) is 14.0. The summed E-state index contributed by atoms with van der Waals surface area (Å²) >= 11 is 1.56. The first-order valence-electron chi connectivity index (χ1n) is 5.64. The molecule has 1 aromatic carbocycles. The Morgan fingerprint density at radius 3 is 2.72 bits per heavy atom. The third-order valence-electron chi connectivity index (χ3n) is 2.84. The van der Waals surface area contributed by atoms with Crippen molar-refractivity contribution < 1.29 is 10.0 Å². The highest BCUT2D eigenvalue weighted by molar-refractivity contribution is 7.99. The Morgan fingerprint density at radius 2 is 2.22 bits per heavy atom. The molecule has 0 aliphatic carbocycles. The number of nitrogens with one attached hydrogen (secondary N) is 1. The van der Waals surface area contributed by atoms with E-state index in [9.17, 15) is 15.2 Å². The van der Waals surface area contributed by atoms with Gasteiger partial charge in [-0.3, -0.25) is 10.1 Å². The fourth-order valence-electron chi connectivity index (χ4n) is 1.69. The molecule has 0 radical (unpaired) electrons. The SMILES string of the molecule is CSC(CO)C(C)Nc1ccc(C)c([N+](=O)[O-])c1. The zero-order valence-electron chi connectivity index (χ0n) is 10.7. The topological polar surface area (TPSA) is 75.4 Å². The van der Waals surface area contributed by atoms with E-state index in [1.165, 1.54) is 6.07 Å². The van der Waals surface area contributed by atoms with Gasteiger partial charge in [0.15, 0.2) is 0 Å². The Hall–Kier alpha value is -1.27. The summed E-state index contributed by atoms with van der Waals surface area (Å²) < 4.78 is 0. The number of thioether (sulfide) groups is 1. The molecule has 2 N–H and O–H groups in total. The van der Waals surface area contributed by atoms with Crippen LogP contribution in [0.3, 0.4) is 0 Å². The smallest absolute Gasteiger partial charge is 0.274 e. The minimum Gasteiger partial charge on any atom is -0.395 e. The molecule has 0 aliphatic rings. The van der Waals surface area contributed by atoms with Crippen molar-refractivity contribution in [3.05, 3.63) is 33.9 Å². The molecule has 100 valence electrons. The number of rotatable bonds is 6. The molecule has 0 heterocycles. The van der Waals surface area contributed by atoms with Crippen molar-refractivity contribution in [2.45, 2.75) is 25.1 Å². The summed E-state index contributed by atoms with van der Waals surface area (Å²) in [5, 5.41) is 23.3. The molecule has 0 fully saturated rings. The number of nitro groups is 1. The van der Waals surface area contributed by atoms with Crippen LogP contribution >= 0.6 is 11.8 Å². The van der Waals surface area contributed by atoms with E-state index in [-0.39, 0.29) is 28.5 Å². The first kappa shape index (κ1) is 14.8. The second-order valence-corrected chi connectivity index (χ2v) is 5.23. The van der Waals surface area contributed by atoms with Gasteiger partial charge >= 0.3 is 0 Å².